The minimum atomic E-state index is 0.224. The maximum atomic E-state index is 7.03. The van der Waals surface area contributed by atoms with Crippen LogP contribution in [0.25, 0.3) is 0 Å². The van der Waals surface area contributed by atoms with E-state index in [1.807, 2.05) is 0 Å². The summed E-state index contributed by atoms with van der Waals surface area (Å²) in [5.41, 5.74) is 8.57. The fourth-order valence-corrected chi connectivity index (χ4v) is 8.17. The Morgan fingerprint density at radius 2 is 1.70 bits per heavy atom. The van der Waals surface area contributed by atoms with E-state index in [2.05, 4.69) is 6.92 Å². The molecule has 1 heteroatoms. The molecule has 5 aliphatic carbocycles. The Morgan fingerprint density at radius 1 is 0.870 bits per heavy atom. The molecule has 132 valence electrons. The van der Waals surface area contributed by atoms with Gasteiger partial charge in [-0.05, 0) is 80.5 Å². The average molecular weight is 318 g/mol. The summed E-state index contributed by atoms with van der Waals surface area (Å²) in [6.07, 6.45) is 23.5. The molecule has 4 atom stereocenters. The lowest BCUT2D eigenvalue weighted by molar-refractivity contribution is -0.154. The van der Waals surface area contributed by atoms with Crippen LogP contribution in [0.3, 0.4) is 0 Å². The van der Waals surface area contributed by atoms with Gasteiger partial charge in [0.2, 0.25) is 0 Å². The summed E-state index contributed by atoms with van der Waals surface area (Å²) in [5.74, 6) is 2.00. The number of nitrogens with two attached hydrogens (primary N) is 1. The fraction of sp³-hybridized carbons (Fsp3) is 1.00. The van der Waals surface area contributed by atoms with Crippen molar-refractivity contribution >= 4 is 0 Å². The Bertz CT molecular complexity index is 426. The smallest absolute Gasteiger partial charge is 0.0167 e. The molecular weight excluding hydrogens is 278 g/mol. The standard InChI is InChI=1S/C22H39N/c1-2-3-4-8-11-20-12-18-13-21(15-20,17-22(23,14-18)16-20)19-9-6-5-7-10-19/h18-19H,2-17,23H2,1H3. The van der Waals surface area contributed by atoms with Crippen molar-refractivity contribution in [2.45, 2.75) is 115 Å². The van der Waals surface area contributed by atoms with Gasteiger partial charge in [0.15, 0.2) is 0 Å². The van der Waals surface area contributed by atoms with E-state index >= 15 is 0 Å². The monoisotopic (exact) mass is 317 g/mol. The Labute approximate surface area is 144 Å². The third-order valence-corrected chi connectivity index (χ3v) is 8.30. The largest absolute Gasteiger partial charge is 0.325 e. The molecule has 5 saturated carbocycles. The van der Waals surface area contributed by atoms with E-state index in [1.54, 1.807) is 12.8 Å². The van der Waals surface area contributed by atoms with Gasteiger partial charge in [-0.25, -0.2) is 0 Å². The first-order valence-corrected chi connectivity index (χ1v) is 10.9. The third-order valence-electron chi connectivity index (χ3n) is 8.30. The molecule has 1 nitrogen and oxygen atoms in total. The normalized spacial score (nSPS) is 46.4. The molecule has 0 heterocycles. The van der Waals surface area contributed by atoms with Crippen LogP contribution in [-0.2, 0) is 0 Å². The van der Waals surface area contributed by atoms with Crippen LogP contribution in [0.2, 0.25) is 0 Å². The second-order valence-electron chi connectivity index (χ2n) is 10.4. The van der Waals surface area contributed by atoms with Gasteiger partial charge in [0, 0.05) is 5.54 Å². The molecule has 0 aromatic heterocycles. The van der Waals surface area contributed by atoms with Crippen molar-refractivity contribution in [1.82, 2.24) is 0 Å². The van der Waals surface area contributed by atoms with Gasteiger partial charge in [-0.15, -0.1) is 0 Å². The van der Waals surface area contributed by atoms with Crippen molar-refractivity contribution in [3.63, 3.8) is 0 Å². The van der Waals surface area contributed by atoms with E-state index in [1.165, 1.54) is 89.9 Å². The molecule has 0 radical (unpaired) electrons. The first kappa shape index (κ1) is 16.4. The van der Waals surface area contributed by atoms with Crippen molar-refractivity contribution < 1.29 is 0 Å². The van der Waals surface area contributed by atoms with E-state index in [0.29, 0.717) is 10.8 Å². The lowest BCUT2D eigenvalue weighted by Crippen LogP contribution is -2.65. The number of hydrogen-bond acceptors (Lipinski definition) is 1. The van der Waals surface area contributed by atoms with E-state index in [-0.39, 0.29) is 5.54 Å². The van der Waals surface area contributed by atoms with Crippen LogP contribution in [0.15, 0.2) is 0 Å². The minimum absolute atomic E-state index is 0.224. The second-order valence-corrected chi connectivity index (χ2v) is 10.4. The van der Waals surface area contributed by atoms with Crippen molar-refractivity contribution in [2.75, 3.05) is 0 Å². The SMILES string of the molecule is CCCCCCC12CC3CC(N)(C1)CC(C1CCCCC1)(C3)C2. The summed E-state index contributed by atoms with van der Waals surface area (Å²) >= 11 is 0. The predicted molar refractivity (Wildman–Crippen MR) is 98.3 cm³/mol. The van der Waals surface area contributed by atoms with Gasteiger partial charge < -0.3 is 5.73 Å². The highest BCUT2D eigenvalue weighted by molar-refractivity contribution is 5.16. The number of rotatable bonds is 6. The maximum absolute atomic E-state index is 7.03. The highest BCUT2D eigenvalue weighted by Crippen LogP contribution is 2.70. The molecule has 2 N–H and O–H groups in total. The highest BCUT2D eigenvalue weighted by atomic mass is 14.8. The van der Waals surface area contributed by atoms with Gasteiger partial charge in [-0.2, -0.15) is 0 Å². The Morgan fingerprint density at radius 3 is 2.43 bits per heavy atom. The third kappa shape index (κ3) is 3.00. The van der Waals surface area contributed by atoms with E-state index in [4.69, 9.17) is 5.73 Å². The van der Waals surface area contributed by atoms with Crippen LogP contribution < -0.4 is 5.73 Å². The maximum Gasteiger partial charge on any atom is 0.0167 e. The van der Waals surface area contributed by atoms with Gasteiger partial charge in [-0.3, -0.25) is 0 Å². The topological polar surface area (TPSA) is 26.0 Å². The fourth-order valence-electron chi connectivity index (χ4n) is 8.17. The van der Waals surface area contributed by atoms with Gasteiger partial charge in [0.05, 0.1) is 0 Å². The summed E-state index contributed by atoms with van der Waals surface area (Å²) in [7, 11) is 0. The van der Waals surface area contributed by atoms with Crippen LogP contribution in [0.4, 0.5) is 0 Å². The van der Waals surface area contributed by atoms with Crippen LogP contribution in [0.5, 0.6) is 0 Å². The molecule has 4 bridgehead atoms. The second kappa shape index (κ2) is 6.04. The zero-order valence-corrected chi connectivity index (χ0v) is 15.5. The van der Waals surface area contributed by atoms with Gasteiger partial charge in [0.1, 0.15) is 0 Å². The Balaban J connectivity index is 1.53. The summed E-state index contributed by atoms with van der Waals surface area (Å²) in [6.45, 7) is 2.33. The Kier molecular flexibility index (Phi) is 4.32. The van der Waals surface area contributed by atoms with Crippen molar-refractivity contribution in [2.24, 2.45) is 28.4 Å². The summed E-state index contributed by atoms with van der Waals surface area (Å²) in [4.78, 5) is 0. The number of unbranched alkanes of at least 4 members (excludes halogenated alkanes) is 3. The lowest BCUT2D eigenvalue weighted by atomic mass is 9.38. The lowest BCUT2D eigenvalue weighted by Gasteiger charge is -2.68. The highest BCUT2D eigenvalue weighted by Gasteiger charge is 2.63. The molecule has 5 fully saturated rings. The van der Waals surface area contributed by atoms with Gasteiger partial charge in [0.25, 0.3) is 0 Å². The first-order valence-electron chi connectivity index (χ1n) is 10.9. The molecule has 5 aliphatic rings. The van der Waals surface area contributed by atoms with Gasteiger partial charge >= 0.3 is 0 Å². The zero-order chi connectivity index (χ0) is 16.0. The zero-order valence-electron chi connectivity index (χ0n) is 15.5. The molecule has 0 aromatic rings. The van der Waals surface area contributed by atoms with Crippen molar-refractivity contribution in [1.29, 1.82) is 0 Å². The molecule has 5 rings (SSSR count). The minimum Gasteiger partial charge on any atom is -0.325 e. The molecule has 0 aromatic carbocycles. The van der Waals surface area contributed by atoms with Gasteiger partial charge in [-0.1, -0.05) is 51.9 Å². The average Bonchev–Trinajstić information content (AvgIpc) is 2.50. The molecular formula is C22H39N. The quantitative estimate of drug-likeness (QED) is 0.579. The summed E-state index contributed by atoms with van der Waals surface area (Å²) in [6, 6.07) is 0. The van der Waals surface area contributed by atoms with Crippen molar-refractivity contribution in [3.8, 4) is 0 Å². The van der Waals surface area contributed by atoms with E-state index in [0.717, 1.165) is 11.8 Å². The van der Waals surface area contributed by atoms with E-state index < -0.39 is 0 Å². The molecule has 0 spiro atoms. The first-order chi connectivity index (χ1) is 11.1. The van der Waals surface area contributed by atoms with E-state index in [9.17, 15) is 0 Å². The summed E-state index contributed by atoms with van der Waals surface area (Å²) < 4.78 is 0. The van der Waals surface area contributed by atoms with Crippen LogP contribution in [-0.4, -0.2) is 5.54 Å². The van der Waals surface area contributed by atoms with Crippen LogP contribution in [0, 0.1) is 22.7 Å². The Hall–Kier alpha value is -0.0400. The molecule has 0 amide bonds. The van der Waals surface area contributed by atoms with Crippen LogP contribution >= 0.6 is 0 Å². The molecule has 0 aliphatic heterocycles. The summed E-state index contributed by atoms with van der Waals surface area (Å²) in [5, 5.41) is 0. The van der Waals surface area contributed by atoms with Crippen molar-refractivity contribution in [3.05, 3.63) is 0 Å². The number of hydrogen-bond donors (Lipinski definition) is 1. The molecule has 0 saturated heterocycles. The molecule has 23 heavy (non-hydrogen) atoms. The van der Waals surface area contributed by atoms with Crippen LogP contribution in [0.1, 0.15) is 110 Å². The molecule has 4 unspecified atom stereocenters. The predicted octanol–water partition coefficient (Wildman–Crippen LogP) is 6.21.